The number of rotatable bonds is 6. The highest BCUT2D eigenvalue weighted by Gasteiger charge is 2.58. The summed E-state index contributed by atoms with van der Waals surface area (Å²) in [6, 6.07) is 14.1. The monoisotopic (exact) mass is 416 g/mol. The lowest BCUT2D eigenvalue weighted by atomic mass is 9.61. The number of ether oxygens (including phenoxy) is 1. The van der Waals surface area contributed by atoms with E-state index in [1.54, 1.807) is 0 Å². The molecule has 2 aromatic carbocycles. The van der Waals surface area contributed by atoms with Crippen LogP contribution in [0.2, 0.25) is 5.02 Å². The molecule has 0 radical (unpaired) electrons. The first-order chi connectivity index (χ1) is 13.9. The molecule has 1 aliphatic heterocycles. The maximum atomic E-state index is 10.8. The minimum Gasteiger partial charge on any atom is -0.396 e. The molecule has 0 unspecified atom stereocenters. The Labute approximate surface area is 177 Å². The molecule has 5 heteroatoms. The highest BCUT2D eigenvalue weighted by molar-refractivity contribution is 6.31. The lowest BCUT2D eigenvalue weighted by molar-refractivity contribution is -0.291. The van der Waals surface area contributed by atoms with Gasteiger partial charge in [-0.3, -0.25) is 0 Å². The van der Waals surface area contributed by atoms with Crippen LogP contribution in [-0.2, 0) is 11.2 Å². The second-order valence-corrected chi connectivity index (χ2v) is 8.98. The zero-order chi connectivity index (χ0) is 20.6. The van der Waals surface area contributed by atoms with Gasteiger partial charge in [-0.15, -0.1) is 0 Å². The van der Waals surface area contributed by atoms with Crippen molar-refractivity contribution in [1.29, 1.82) is 0 Å². The fraction of sp³-hybridized carbons (Fsp3) is 0.500. The summed E-state index contributed by atoms with van der Waals surface area (Å²) in [7, 11) is 0. The molecule has 156 valence electrons. The molecule has 29 heavy (non-hydrogen) atoms. The highest BCUT2D eigenvalue weighted by atomic mass is 35.5. The number of halogens is 1. The maximum Gasteiger partial charge on any atom is 0.112 e. The van der Waals surface area contributed by atoms with E-state index in [0.717, 1.165) is 24.0 Å². The summed E-state index contributed by atoms with van der Waals surface area (Å²) in [5.74, 6) is -0.0698. The lowest BCUT2D eigenvalue weighted by Crippen LogP contribution is -2.63. The molecule has 0 aromatic heterocycles. The second kappa shape index (κ2) is 8.37. The summed E-state index contributed by atoms with van der Waals surface area (Å²) < 4.78 is 6.44. The van der Waals surface area contributed by atoms with Crippen LogP contribution in [0.4, 0.5) is 0 Å². The predicted octanol–water partition coefficient (Wildman–Crippen LogP) is 3.95. The third kappa shape index (κ3) is 3.97. The molecule has 4 rings (SSSR count). The minimum atomic E-state index is -0.976. The van der Waals surface area contributed by atoms with E-state index in [1.165, 1.54) is 11.1 Å². The molecule has 4 nitrogen and oxygen atoms in total. The van der Waals surface area contributed by atoms with Gasteiger partial charge in [0.15, 0.2) is 0 Å². The van der Waals surface area contributed by atoms with Gasteiger partial charge in [-0.2, -0.15) is 0 Å². The van der Waals surface area contributed by atoms with Gasteiger partial charge in [0.1, 0.15) is 12.2 Å². The quantitative estimate of drug-likeness (QED) is 0.666. The molecule has 3 N–H and O–H groups in total. The van der Waals surface area contributed by atoms with Crippen LogP contribution >= 0.6 is 11.6 Å². The van der Waals surface area contributed by atoms with Gasteiger partial charge in [-0.05, 0) is 61.8 Å². The van der Waals surface area contributed by atoms with Crippen LogP contribution in [0.3, 0.4) is 0 Å². The van der Waals surface area contributed by atoms with E-state index < -0.39 is 23.9 Å². The third-order valence-electron chi connectivity index (χ3n) is 6.66. The van der Waals surface area contributed by atoms with Crippen molar-refractivity contribution in [1.82, 2.24) is 0 Å². The van der Waals surface area contributed by atoms with Gasteiger partial charge in [-0.1, -0.05) is 53.6 Å². The van der Waals surface area contributed by atoms with Crippen LogP contribution < -0.4 is 0 Å². The van der Waals surface area contributed by atoms with E-state index in [0.29, 0.717) is 24.3 Å². The summed E-state index contributed by atoms with van der Waals surface area (Å²) >= 11 is 6.46. The van der Waals surface area contributed by atoms with Crippen molar-refractivity contribution < 1.29 is 20.1 Å². The van der Waals surface area contributed by atoms with Crippen molar-refractivity contribution in [3.63, 3.8) is 0 Å². The van der Waals surface area contributed by atoms with Gasteiger partial charge in [0, 0.05) is 17.5 Å². The Morgan fingerprint density at radius 1 is 1.10 bits per heavy atom. The molecule has 2 aliphatic rings. The van der Waals surface area contributed by atoms with Gasteiger partial charge in [0.05, 0.1) is 11.7 Å². The van der Waals surface area contributed by atoms with Gasteiger partial charge in [0.2, 0.25) is 0 Å². The van der Waals surface area contributed by atoms with E-state index in [1.807, 2.05) is 18.2 Å². The largest absolute Gasteiger partial charge is 0.396 e. The summed E-state index contributed by atoms with van der Waals surface area (Å²) in [5.41, 5.74) is 3.72. The minimum absolute atomic E-state index is 0.0698. The Bertz CT molecular complexity index is 852. The van der Waals surface area contributed by atoms with E-state index in [4.69, 9.17) is 16.3 Å². The van der Waals surface area contributed by atoms with Crippen LogP contribution in [0, 0.1) is 12.8 Å². The van der Waals surface area contributed by atoms with Gasteiger partial charge < -0.3 is 20.1 Å². The van der Waals surface area contributed by atoms with Gasteiger partial charge >= 0.3 is 0 Å². The van der Waals surface area contributed by atoms with Gasteiger partial charge in [0.25, 0.3) is 0 Å². The van der Waals surface area contributed by atoms with E-state index in [2.05, 4.69) is 31.2 Å². The number of benzene rings is 2. The Hall–Kier alpha value is -1.43. The predicted molar refractivity (Wildman–Crippen MR) is 113 cm³/mol. The summed E-state index contributed by atoms with van der Waals surface area (Å²) in [6.45, 7) is 2.16. The van der Waals surface area contributed by atoms with Crippen LogP contribution in [-0.4, -0.2) is 39.7 Å². The zero-order valence-corrected chi connectivity index (χ0v) is 17.5. The first-order valence-corrected chi connectivity index (χ1v) is 10.8. The number of hydrogen-bond donors (Lipinski definition) is 3. The molecular formula is C24H29ClO4. The second-order valence-electron chi connectivity index (χ2n) is 8.57. The van der Waals surface area contributed by atoms with E-state index in [9.17, 15) is 15.3 Å². The first kappa shape index (κ1) is 20.8. The smallest absolute Gasteiger partial charge is 0.112 e. The zero-order valence-electron chi connectivity index (χ0n) is 16.7. The number of aliphatic hydroxyl groups excluding tert-OH is 3. The number of hydrogen-bond acceptors (Lipinski definition) is 4. The molecule has 2 fully saturated rings. The average Bonchev–Trinajstić information content (AvgIpc) is 2.69. The maximum absolute atomic E-state index is 10.8. The van der Waals surface area contributed by atoms with Crippen molar-refractivity contribution in [2.75, 3.05) is 6.61 Å². The lowest BCUT2D eigenvalue weighted by Gasteiger charge is -2.58. The van der Waals surface area contributed by atoms with Crippen molar-refractivity contribution in [3.05, 3.63) is 69.7 Å². The standard InChI is InChI=1S/C24H29ClO4/c1-15-3-5-16(6-4-15)13-18-14-17(7-8-20(18)25)23-22(28)21(27)19-9-11-24(19,29-23)10-2-12-26/h3-8,14,19,21-23,26-28H,2,9-13H2,1H3/t19-,21+,22-,23+,24-/m1/s1. The van der Waals surface area contributed by atoms with Gasteiger partial charge in [-0.25, -0.2) is 0 Å². The Morgan fingerprint density at radius 2 is 1.86 bits per heavy atom. The molecule has 0 bridgehead atoms. The highest BCUT2D eigenvalue weighted by Crippen LogP contribution is 2.54. The summed E-state index contributed by atoms with van der Waals surface area (Å²) in [4.78, 5) is 0. The fourth-order valence-electron chi connectivity index (χ4n) is 4.85. The number of aliphatic hydroxyl groups is 3. The third-order valence-corrected chi connectivity index (χ3v) is 7.03. The molecule has 0 spiro atoms. The molecular weight excluding hydrogens is 388 g/mol. The fourth-order valence-corrected chi connectivity index (χ4v) is 5.03. The van der Waals surface area contributed by atoms with Crippen molar-refractivity contribution in [2.45, 2.75) is 62.9 Å². The molecule has 1 saturated heterocycles. The topological polar surface area (TPSA) is 69.9 Å². The van der Waals surface area contributed by atoms with Crippen LogP contribution in [0.1, 0.15) is 54.0 Å². The Balaban J connectivity index is 1.60. The van der Waals surface area contributed by atoms with E-state index in [-0.39, 0.29) is 12.5 Å². The first-order valence-electron chi connectivity index (χ1n) is 10.4. The van der Waals surface area contributed by atoms with Crippen LogP contribution in [0.25, 0.3) is 0 Å². The Kier molecular flexibility index (Phi) is 6.01. The van der Waals surface area contributed by atoms with Crippen molar-refractivity contribution in [2.24, 2.45) is 5.92 Å². The normalized spacial score (nSPS) is 31.2. The number of fused-ring (bicyclic) bond motifs is 1. The molecule has 1 aliphatic carbocycles. The number of aryl methyl sites for hydroxylation is 1. The summed E-state index contributed by atoms with van der Waals surface area (Å²) in [5, 5.41) is 31.4. The molecule has 5 atom stereocenters. The summed E-state index contributed by atoms with van der Waals surface area (Å²) in [6.07, 6.45) is 1.31. The van der Waals surface area contributed by atoms with E-state index >= 15 is 0 Å². The Morgan fingerprint density at radius 3 is 2.52 bits per heavy atom. The molecule has 1 saturated carbocycles. The molecule has 1 heterocycles. The van der Waals surface area contributed by atoms with Crippen LogP contribution in [0.5, 0.6) is 0 Å². The SMILES string of the molecule is Cc1ccc(Cc2cc([C@@H]3O[C@]4(CCCO)CC[C@@H]4[C@H](O)[C@H]3O)ccc2Cl)cc1. The molecule has 2 aromatic rings. The van der Waals surface area contributed by atoms with Crippen molar-refractivity contribution >= 4 is 11.6 Å². The molecule has 0 amide bonds. The average molecular weight is 417 g/mol. The van der Waals surface area contributed by atoms with Crippen LogP contribution in [0.15, 0.2) is 42.5 Å². The van der Waals surface area contributed by atoms with Crippen molar-refractivity contribution in [3.8, 4) is 0 Å².